The highest BCUT2D eigenvalue weighted by Crippen LogP contribution is 2.23. The first-order valence-electron chi connectivity index (χ1n) is 9.75. The fourth-order valence-electron chi connectivity index (χ4n) is 3.34. The van der Waals surface area contributed by atoms with E-state index in [2.05, 4.69) is 10.4 Å². The van der Waals surface area contributed by atoms with Gasteiger partial charge in [0.2, 0.25) is 0 Å². The summed E-state index contributed by atoms with van der Waals surface area (Å²) >= 11 is 0. The van der Waals surface area contributed by atoms with Crippen LogP contribution >= 0.6 is 0 Å². The van der Waals surface area contributed by atoms with Gasteiger partial charge in [0.05, 0.1) is 25.5 Å². The van der Waals surface area contributed by atoms with E-state index in [0.717, 1.165) is 11.3 Å². The third-order valence-electron chi connectivity index (χ3n) is 4.96. The highest BCUT2D eigenvalue weighted by atomic mass is 16.5. The minimum Gasteiger partial charge on any atom is -0.497 e. The molecule has 2 aromatic heterocycles. The van der Waals surface area contributed by atoms with Gasteiger partial charge in [0.25, 0.3) is 11.5 Å². The molecule has 8 heteroatoms. The molecular formula is C23H22N4O4. The Kier molecular flexibility index (Phi) is 5.70. The number of fused-ring (bicyclic) bond motifs is 1. The van der Waals surface area contributed by atoms with Gasteiger partial charge in [-0.25, -0.2) is 4.52 Å². The summed E-state index contributed by atoms with van der Waals surface area (Å²) in [6, 6.07) is 16.3. The van der Waals surface area contributed by atoms with Gasteiger partial charge in [-0.2, -0.15) is 5.10 Å². The monoisotopic (exact) mass is 418 g/mol. The normalized spacial score (nSPS) is 10.8. The smallest absolute Gasteiger partial charge is 0.276 e. The molecule has 0 aliphatic carbocycles. The molecule has 2 aromatic carbocycles. The predicted molar refractivity (Wildman–Crippen MR) is 117 cm³/mol. The molecule has 2 heterocycles. The number of amides is 1. The zero-order valence-electron chi connectivity index (χ0n) is 17.2. The maximum absolute atomic E-state index is 12.9. The van der Waals surface area contributed by atoms with Crippen molar-refractivity contribution in [3.63, 3.8) is 0 Å². The minimum atomic E-state index is -0.253. The molecule has 0 saturated heterocycles. The first-order valence-corrected chi connectivity index (χ1v) is 9.75. The van der Waals surface area contributed by atoms with Gasteiger partial charge in [-0.3, -0.25) is 9.59 Å². The van der Waals surface area contributed by atoms with E-state index in [1.807, 2.05) is 24.3 Å². The Morgan fingerprint density at radius 2 is 1.87 bits per heavy atom. The van der Waals surface area contributed by atoms with Crippen molar-refractivity contribution in [2.24, 2.45) is 0 Å². The fourth-order valence-corrected chi connectivity index (χ4v) is 3.34. The van der Waals surface area contributed by atoms with E-state index in [1.165, 1.54) is 7.11 Å². The van der Waals surface area contributed by atoms with Crippen LogP contribution in [0.2, 0.25) is 0 Å². The summed E-state index contributed by atoms with van der Waals surface area (Å²) in [6.07, 6.45) is 3.38. The van der Waals surface area contributed by atoms with E-state index >= 15 is 0 Å². The van der Waals surface area contributed by atoms with Crippen molar-refractivity contribution in [2.75, 3.05) is 20.8 Å². The summed E-state index contributed by atoms with van der Waals surface area (Å²) in [4.78, 5) is 25.3. The molecule has 158 valence electrons. The van der Waals surface area contributed by atoms with Crippen LogP contribution in [0.1, 0.15) is 10.4 Å². The summed E-state index contributed by atoms with van der Waals surface area (Å²) in [5, 5.41) is 7.32. The lowest BCUT2D eigenvalue weighted by Crippen LogP contribution is -2.31. The number of rotatable bonds is 7. The number of aromatic nitrogens is 3. The molecule has 0 atom stereocenters. The van der Waals surface area contributed by atoms with Crippen LogP contribution in [0, 0.1) is 0 Å². The zero-order valence-corrected chi connectivity index (χ0v) is 17.2. The fraction of sp³-hybridized carbons (Fsp3) is 0.174. The number of nitrogens with zero attached hydrogens (tertiary/aromatic N) is 3. The zero-order chi connectivity index (χ0) is 21.8. The lowest BCUT2D eigenvalue weighted by Gasteiger charge is -2.10. The van der Waals surface area contributed by atoms with Gasteiger partial charge in [0.15, 0.2) is 0 Å². The molecule has 0 radical (unpaired) electrons. The van der Waals surface area contributed by atoms with Gasteiger partial charge < -0.3 is 19.4 Å². The van der Waals surface area contributed by atoms with Crippen molar-refractivity contribution in [2.45, 2.75) is 6.54 Å². The molecular weight excluding hydrogens is 396 g/mol. The van der Waals surface area contributed by atoms with Gasteiger partial charge in [-0.1, -0.05) is 24.3 Å². The Labute approximate surface area is 178 Å². The number of ether oxygens (including phenoxy) is 2. The second kappa shape index (κ2) is 8.74. The quantitative estimate of drug-likeness (QED) is 0.499. The number of hydrogen-bond acceptors (Lipinski definition) is 5. The van der Waals surface area contributed by atoms with Crippen LogP contribution in [0.3, 0.4) is 0 Å². The van der Waals surface area contributed by atoms with Gasteiger partial charge >= 0.3 is 0 Å². The standard InChI is InChI=1S/C23H22N4O4/c1-30-17-7-5-6-16(14-17)19-15-20-23(29)26(12-13-27(20)25-19)11-10-24-22(28)18-8-3-4-9-21(18)31-2/h3-9,12-15H,10-11H2,1-2H3,(H,24,28). The molecule has 1 N–H and O–H groups in total. The van der Waals surface area contributed by atoms with E-state index in [9.17, 15) is 9.59 Å². The van der Waals surface area contributed by atoms with Crippen LogP contribution in [0.15, 0.2) is 71.8 Å². The van der Waals surface area contributed by atoms with Gasteiger partial charge in [0, 0.05) is 31.0 Å². The van der Waals surface area contributed by atoms with Crippen LogP contribution in [0.25, 0.3) is 16.8 Å². The van der Waals surface area contributed by atoms with Gasteiger partial charge in [-0.15, -0.1) is 0 Å². The van der Waals surface area contributed by atoms with Crippen molar-refractivity contribution < 1.29 is 14.3 Å². The Morgan fingerprint density at radius 1 is 1.03 bits per heavy atom. The van der Waals surface area contributed by atoms with Crippen molar-refractivity contribution >= 4 is 11.4 Å². The van der Waals surface area contributed by atoms with E-state index in [1.54, 1.807) is 58.9 Å². The van der Waals surface area contributed by atoms with E-state index in [-0.39, 0.29) is 11.5 Å². The molecule has 8 nitrogen and oxygen atoms in total. The number of carbonyl (C=O) groups is 1. The molecule has 0 saturated carbocycles. The molecule has 1 amide bonds. The number of carbonyl (C=O) groups excluding carboxylic acids is 1. The second-order valence-electron chi connectivity index (χ2n) is 6.84. The third-order valence-corrected chi connectivity index (χ3v) is 4.96. The van der Waals surface area contributed by atoms with Crippen LogP contribution in [-0.2, 0) is 6.54 Å². The molecule has 0 aliphatic rings. The molecule has 0 aliphatic heterocycles. The molecule has 4 rings (SSSR count). The summed E-state index contributed by atoms with van der Waals surface area (Å²) in [7, 11) is 3.13. The highest BCUT2D eigenvalue weighted by molar-refractivity contribution is 5.96. The first kappa shape index (κ1) is 20.2. The van der Waals surface area contributed by atoms with E-state index in [0.29, 0.717) is 35.6 Å². The minimum absolute atomic E-state index is 0.185. The summed E-state index contributed by atoms with van der Waals surface area (Å²) in [5.74, 6) is 0.969. The Balaban J connectivity index is 1.50. The molecule has 0 fully saturated rings. The lowest BCUT2D eigenvalue weighted by atomic mass is 10.1. The predicted octanol–water partition coefficient (Wildman–Crippen LogP) is 2.61. The van der Waals surface area contributed by atoms with Gasteiger partial charge in [0.1, 0.15) is 17.0 Å². The first-order chi connectivity index (χ1) is 15.1. The highest BCUT2D eigenvalue weighted by Gasteiger charge is 2.12. The number of nitrogens with one attached hydrogen (secondary N) is 1. The molecule has 0 spiro atoms. The summed E-state index contributed by atoms with van der Waals surface area (Å²) in [6.45, 7) is 0.625. The van der Waals surface area contributed by atoms with Crippen LogP contribution < -0.4 is 20.3 Å². The Bertz CT molecular complexity index is 1290. The van der Waals surface area contributed by atoms with E-state index in [4.69, 9.17) is 9.47 Å². The molecule has 0 bridgehead atoms. The average molecular weight is 418 g/mol. The van der Waals surface area contributed by atoms with Crippen molar-refractivity contribution in [1.29, 1.82) is 0 Å². The third kappa shape index (κ3) is 4.13. The molecule has 0 unspecified atom stereocenters. The van der Waals surface area contributed by atoms with E-state index < -0.39 is 0 Å². The maximum Gasteiger partial charge on any atom is 0.276 e. The molecule has 31 heavy (non-hydrogen) atoms. The van der Waals surface area contributed by atoms with Crippen LogP contribution in [0.4, 0.5) is 0 Å². The molecule has 4 aromatic rings. The maximum atomic E-state index is 12.9. The number of para-hydroxylation sites is 1. The number of hydrogen-bond donors (Lipinski definition) is 1. The Morgan fingerprint density at radius 3 is 2.68 bits per heavy atom. The van der Waals surface area contributed by atoms with Crippen LogP contribution in [0.5, 0.6) is 11.5 Å². The second-order valence-corrected chi connectivity index (χ2v) is 6.84. The largest absolute Gasteiger partial charge is 0.497 e. The van der Waals surface area contributed by atoms with Crippen molar-refractivity contribution in [1.82, 2.24) is 19.5 Å². The SMILES string of the molecule is COc1cccc(-c2cc3c(=O)n(CCNC(=O)c4ccccc4OC)ccn3n2)c1. The van der Waals surface area contributed by atoms with Crippen molar-refractivity contribution in [3.8, 4) is 22.8 Å². The van der Waals surface area contributed by atoms with Crippen molar-refractivity contribution in [3.05, 3.63) is 82.9 Å². The summed E-state index contributed by atoms with van der Waals surface area (Å²) < 4.78 is 13.6. The van der Waals surface area contributed by atoms with Crippen LogP contribution in [-0.4, -0.2) is 40.9 Å². The Hall–Kier alpha value is -4.07. The average Bonchev–Trinajstić information content (AvgIpc) is 3.26. The number of methoxy groups -OCH3 is 2. The topological polar surface area (TPSA) is 86.9 Å². The van der Waals surface area contributed by atoms with Gasteiger partial charge in [-0.05, 0) is 30.3 Å². The summed E-state index contributed by atoms with van der Waals surface area (Å²) in [5.41, 5.74) is 2.26. The lowest BCUT2D eigenvalue weighted by molar-refractivity contribution is 0.0949. The number of benzene rings is 2.